The van der Waals surface area contributed by atoms with Crippen LogP contribution in [0.4, 0.5) is 10.1 Å². The Morgan fingerprint density at radius 1 is 0.821 bits per heavy atom. The molecule has 3 aromatic carbocycles. The Morgan fingerprint density at radius 3 is 2.00 bits per heavy atom. The van der Waals surface area contributed by atoms with Crippen molar-refractivity contribution in [3.05, 3.63) is 101 Å². The molecule has 1 saturated heterocycles. The molecule has 0 spiro atoms. The minimum Gasteiger partial charge on any atom is -0.372 e. The van der Waals surface area contributed by atoms with E-state index >= 15 is 0 Å². The summed E-state index contributed by atoms with van der Waals surface area (Å²) >= 11 is 0. The van der Waals surface area contributed by atoms with Gasteiger partial charge in [0.25, 0.3) is 0 Å². The number of hydrogen-bond donors (Lipinski definition) is 0. The molecule has 0 radical (unpaired) electrons. The third-order valence-electron chi connectivity index (χ3n) is 5.58. The molecule has 1 fully saturated rings. The molecule has 142 valence electrons. The number of benzene rings is 3. The Kier molecular flexibility index (Phi) is 5.52. The fraction of sp³-hybridized carbons (Fsp3) is 0.240. The zero-order chi connectivity index (χ0) is 19.3. The Bertz CT molecular complexity index is 911. The zero-order valence-electron chi connectivity index (χ0n) is 15.9. The highest BCUT2D eigenvalue weighted by Crippen LogP contribution is 2.26. The highest BCUT2D eigenvalue weighted by Gasteiger charge is 2.20. The van der Waals surface area contributed by atoms with Crippen molar-refractivity contribution in [1.29, 1.82) is 0 Å². The second kappa shape index (κ2) is 8.39. The predicted octanol–water partition coefficient (Wildman–Crippen LogP) is 5.52. The van der Waals surface area contributed by atoms with Gasteiger partial charge in [-0.15, -0.1) is 0 Å². The van der Waals surface area contributed by atoms with Gasteiger partial charge >= 0.3 is 0 Å². The summed E-state index contributed by atoms with van der Waals surface area (Å²) in [7, 11) is 0. The maximum atomic E-state index is 13.0. The lowest BCUT2D eigenvalue weighted by atomic mass is 9.90. The van der Waals surface area contributed by atoms with Crippen LogP contribution in [-0.2, 0) is 6.42 Å². The minimum atomic E-state index is -0.331. The minimum absolute atomic E-state index is 0.0758. The maximum absolute atomic E-state index is 13.0. The monoisotopic (exact) mass is 373 g/mol. The average molecular weight is 373 g/mol. The lowest BCUT2D eigenvalue weighted by Gasteiger charge is -2.33. The topological polar surface area (TPSA) is 20.3 Å². The lowest BCUT2D eigenvalue weighted by molar-refractivity contribution is 0.103. The van der Waals surface area contributed by atoms with Crippen molar-refractivity contribution in [2.75, 3.05) is 18.0 Å². The fourth-order valence-corrected chi connectivity index (χ4v) is 3.93. The van der Waals surface area contributed by atoms with Crippen LogP contribution in [0.5, 0.6) is 0 Å². The number of piperidine rings is 1. The highest BCUT2D eigenvalue weighted by molar-refractivity contribution is 6.09. The molecule has 3 aromatic rings. The van der Waals surface area contributed by atoms with Crippen molar-refractivity contribution in [2.24, 2.45) is 5.92 Å². The Labute approximate surface area is 165 Å². The van der Waals surface area contributed by atoms with E-state index < -0.39 is 0 Å². The van der Waals surface area contributed by atoms with Gasteiger partial charge in [-0.1, -0.05) is 30.3 Å². The molecular formula is C25H24FNO. The summed E-state index contributed by atoms with van der Waals surface area (Å²) in [6.45, 7) is 2.09. The third kappa shape index (κ3) is 4.30. The molecule has 1 aliphatic rings. The molecule has 1 aliphatic heterocycles. The number of halogens is 1. The van der Waals surface area contributed by atoms with E-state index in [-0.39, 0.29) is 11.6 Å². The van der Waals surface area contributed by atoms with E-state index in [0.717, 1.165) is 31.1 Å². The van der Waals surface area contributed by atoms with Gasteiger partial charge in [0.2, 0.25) is 0 Å². The molecule has 0 aliphatic carbocycles. The van der Waals surface area contributed by atoms with Gasteiger partial charge in [0.05, 0.1) is 0 Å². The van der Waals surface area contributed by atoms with E-state index in [1.54, 1.807) is 0 Å². The molecule has 0 bridgehead atoms. The third-order valence-corrected chi connectivity index (χ3v) is 5.58. The summed E-state index contributed by atoms with van der Waals surface area (Å²) in [5.74, 6) is 0.327. The van der Waals surface area contributed by atoms with E-state index in [4.69, 9.17) is 0 Å². The quantitative estimate of drug-likeness (QED) is 0.549. The van der Waals surface area contributed by atoms with E-state index in [1.807, 2.05) is 24.3 Å². The van der Waals surface area contributed by atoms with E-state index in [0.29, 0.717) is 11.1 Å². The molecule has 0 N–H and O–H groups in total. The van der Waals surface area contributed by atoms with Gasteiger partial charge in [0.15, 0.2) is 5.78 Å². The van der Waals surface area contributed by atoms with Crippen LogP contribution in [0.2, 0.25) is 0 Å². The molecule has 0 amide bonds. The van der Waals surface area contributed by atoms with E-state index in [2.05, 4.69) is 35.2 Å². The molecule has 0 atom stereocenters. The molecule has 28 heavy (non-hydrogen) atoms. The zero-order valence-corrected chi connectivity index (χ0v) is 15.9. The van der Waals surface area contributed by atoms with Gasteiger partial charge in [0, 0.05) is 29.9 Å². The van der Waals surface area contributed by atoms with Gasteiger partial charge < -0.3 is 4.90 Å². The number of rotatable bonds is 5. The Morgan fingerprint density at radius 2 is 1.39 bits per heavy atom. The maximum Gasteiger partial charge on any atom is 0.193 e. The number of carbonyl (C=O) groups is 1. The highest BCUT2D eigenvalue weighted by atomic mass is 19.1. The largest absolute Gasteiger partial charge is 0.372 e. The first-order chi connectivity index (χ1) is 13.7. The summed E-state index contributed by atoms with van der Waals surface area (Å²) < 4.78 is 13.0. The van der Waals surface area contributed by atoms with Crippen LogP contribution in [0.25, 0.3) is 0 Å². The van der Waals surface area contributed by atoms with Gasteiger partial charge in [-0.2, -0.15) is 0 Å². The van der Waals surface area contributed by atoms with Gasteiger partial charge in [-0.3, -0.25) is 4.79 Å². The molecule has 2 nitrogen and oxygen atoms in total. The first-order valence-electron chi connectivity index (χ1n) is 9.88. The summed E-state index contributed by atoms with van der Waals surface area (Å²) in [6.07, 6.45) is 3.52. The Hall–Kier alpha value is -2.94. The molecule has 4 rings (SSSR count). The summed E-state index contributed by atoms with van der Waals surface area (Å²) in [5.41, 5.74) is 3.73. The standard InChI is InChI=1S/C25H24FNO/c26-23-10-6-21(7-11-23)25(28)22-8-12-24(13-9-22)27-16-14-20(15-17-27)18-19-4-2-1-3-5-19/h1-13,20H,14-18H2. The fourth-order valence-electron chi connectivity index (χ4n) is 3.93. The van der Waals surface area contributed by atoms with Crippen molar-refractivity contribution in [3.63, 3.8) is 0 Å². The van der Waals surface area contributed by atoms with Crippen LogP contribution in [0.3, 0.4) is 0 Å². The van der Waals surface area contributed by atoms with Crippen molar-refractivity contribution in [3.8, 4) is 0 Å². The van der Waals surface area contributed by atoms with Crippen LogP contribution in [-0.4, -0.2) is 18.9 Å². The van der Waals surface area contributed by atoms with Crippen LogP contribution >= 0.6 is 0 Å². The predicted molar refractivity (Wildman–Crippen MR) is 111 cm³/mol. The molecule has 3 heteroatoms. The molecular weight excluding hydrogens is 349 g/mol. The van der Waals surface area contributed by atoms with Gasteiger partial charge in [-0.05, 0) is 79.3 Å². The first kappa shape index (κ1) is 18.4. The molecule has 0 saturated carbocycles. The van der Waals surface area contributed by atoms with Gasteiger partial charge in [0.1, 0.15) is 5.82 Å². The number of hydrogen-bond acceptors (Lipinski definition) is 2. The number of nitrogens with zero attached hydrogens (tertiary/aromatic N) is 1. The van der Waals surface area contributed by atoms with Crippen molar-refractivity contribution < 1.29 is 9.18 Å². The first-order valence-corrected chi connectivity index (χ1v) is 9.88. The van der Waals surface area contributed by atoms with Crippen molar-refractivity contribution >= 4 is 11.5 Å². The number of carbonyl (C=O) groups excluding carboxylic acids is 1. The molecule has 0 aromatic heterocycles. The SMILES string of the molecule is O=C(c1ccc(F)cc1)c1ccc(N2CCC(Cc3ccccc3)CC2)cc1. The van der Waals surface area contributed by atoms with Crippen LogP contribution < -0.4 is 4.90 Å². The van der Waals surface area contributed by atoms with E-state index in [1.165, 1.54) is 42.7 Å². The summed E-state index contributed by atoms with van der Waals surface area (Å²) in [6, 6.07) is 24.2. The van der Waals surface area contributed by atoms with Crippen LogP contribution in [0.1, 0.15) is 34.3 Å². The smallest absolute Gasteiger partial charge is 0.193 e. The number of ketones is 1. The summed E-state index contributed by atoms with van der Waals surface area (Å²) in [5, 5.41) is 0. The number of anilines is 1. The van der Waals surface area contributed by atoms with Crippen LogP contribution in [0.15, 0.2) is 78.9 Å². The Balaban J connectivity index is 1.36. The molecule has 0 unspecified atom stereocenters. The average Bonchev–Trinajstić information content (AvgIpc) is 2.75. The second-order valence-electron chi connectivity index (χ2n) is 7.50. The van der Waals surface area contributed by atoms with Gasteiger partial charge in [-0.25, -0.2) is 4.39 Å². The van der Waals surface area contributed by atoms with Crippen molar-refractivity contribution in [2.45, 2.75) is 19.3 Å². The summed E-state index contributed by atoms with van der Waals surface area (Å²) in [4.78, 5) is 14.9. The molecule has 1 heterocycles. The lowest BCUT2D eigenvalue weighted by Crippen LogP contribution is -2.34. The van der Waals surface area contributed by atoms with Crippen LogP contribution in [0, 0.1) is 11.7 Å². The second-order valence-corrected chi connectivity index (χ2v) is 7.50. The normalized spacial score (nSPS) is 14.8. The van der Waals surface area contributed by atoms with Crippen molar-refractivity contribution in [1.82, 2.24) is 0 Å². The van der Waals surface area contributed by atoms with E-state index in [9.17, 15) is 9.18 Å².